The van der Waals surface area contributed by atoms with Gasteiger partial charge in [0.15, 0.2) is 11.5 Å². The second-order valence-electron chi connectivity index (χ2n) is 7.21. The molecule has 0 spiro atoms. The summed E-state index contributed by atoms with van der Waals surface area (Å²) in [5.74, 6) is 1.64. The summed E-state index contributed by atoms with van der Waals surface area (Å²) in [6, 6.07) is 14.2. The van der Waals surface area contributed by atoms with Crippen LogP contribution in [0.2, 0.25) is 0 Å². The molecule has 8 nitrogen and oxygen atoms in total. The van der Waals surface area contributed by atoms with Crippen molar-refractivity contribution in [3.05, 3.63) is 64.4 Å². The molecule has 0 atom stereocenters. The molecule has 8 heteroatoms. The fourth-order valence-corrected chi connectivity index (χ4v) is 3.28. The predicted molar refractivity (Wildman–Crippen MR) is 123 cm³/mol. The van der Waals surface area contributed by atoms with Crippen LogP contribution < -0.4 is 25.1 Å². The number of amides is 1. The molecule has 2 aromatic carbocycles. The zero-order valence-corrected chi connectivity index (χ0v) is 18.7. The van der Waals surface area contributed by atoms with Crippen molar-refractivity contribution in [2.24, 2.45) is 0 Å². The van der Waals surface area contributed by atoms with Crippen LogP contribution in [0.3, 0.4) is 0 Å². The van der Waals surface area contributed by atoms with Crippen molar-refractivity contribution in [3.63, 3.8) is 0 Å². The lowest BCUT2D eigenvalue weighted by atomic mass is 10.1. The number of methoxy groups -OCH3 is 3. The van der Waals surface area contributed by atoms with Crippen molar-refractivity contribution in [2.75, 3.05) is 26.6 Å². The second kappa shape index (κ2) is 10.5. The first kappa shape index (κ1) is 22.9. The number of carbonyl (C=O) groups excluding carboxylic acids is 1. The molecule has 0 aliphatic carbocycles. The topological polar surface area (TPSA) is 91.7 Å². The fraction of sp³-hybridized carbons (Fsp3) is 0.292. The van der Waals surface area contributed by atoms with E-state index in [1.165, 1.54) is 10.7 Å². The van der Waals surface area contributed by atoms with Gasteiger partial charge in [-0.05, 0) is 55.3 Å². The van der Waals surface area contributed by atoms with E-state index in [0.717, 1.165) is 11.1 Å². The Morgan fingerprint density at radius 1 is 0.938 bits per heavy atom. The third-order valence-electron chi connectivity index (χ3n) is 4.95. The van der Waals surface area contributed by atoms with E-state index in [9.17, 15) is 9.59 Å². The molecule has 0 bridgehead atoms. The average Bonchev–Trinajstić information content (AvgIpc) is 2.80. The van der Waals surface area contributed by atoms with Crippen molar-refractivity contribution in [3.8, 4) is 28.5 Å². The lowest BCUT2D eigenvalue weighted by Gasteiger charge is -2.12. The monoisotopic (exact) mass is 437 g/mol. The van der Waals surface area contributed by atoms with Gasteiger partial charge in [0.2, 0.25) is 5.91 Å². The molecule has 0 unspecified atom stereocenters. The van der Waals surface area contributed by atoms with Gasteiger partial charge in [0, 0.05) is 24.6 Å². The van der Waals surface area contributed by atoms with Crippen molar-refractivity contribution >= 4 is 11.6 Å². The molecule has 0 fully saturated rings. The average molecular weight is 437 g/mol. The number of carbonyl (C=O) groups is 1. The number of anilines is 1. The first-order valence-corrected chi connectivity index (χ1v) is 10.2. The largest absolute Gasteiger partial charge is 0.495 e. The highest BCUT2D eigenvalue weighted by Gasteiger charge is 2.11. The van der Waals surface area contributed by atoms with Crippen LogP contribution in [-0.2, 0) is 11.3 Å². The van der Waals surface area contributed by atoms with Gasteiger partial charge in [0.1, 0.15) is 5.75 Å². The second-order valence-corrected chi connectivity index (χ2v) is 7.21. The van der Waals surface area contributed by atoms with E-state index in [1.807, 2.05) is 31.2 Å². The number of hydrogen-bond acceptors (Lipinski definition) is 6. The number of aryl methyl sites for hydroxylation is 2. The van der Waals surface area contributed by atoms with E-state index in [0.29, 0.717) is 41.6 Å². The summed E-state index contributed by atoms with van der Waals surface area (Å²) in [6.07, 6.45) is 0.702. The fourth-order valence-electron chi connectivity index (χ4n) is 3.28. The first-order valence-electron chi connectivity index (χ1n) is 10.2. The number of ether oxygens (including phenoxy) is 3. The highest BCUT2D eigenvalue weighted by atomic mass is 16.5. The maximum Gasteiger partial charge on any atom is 0.266 e. The molecule has 1 aromatic heterocycles. The zero-order valence-electron chi connectivity index (χ0n) is 18.7. The van der Waals surface area contributed by atoms with Gasteiger partial charge in [-0.15, -0.1) is 0 Å². The molecule has 3 rings (SSSR count). The quantitative estimate of drug-likeness (QED) is 0.549. The van der Waals surface area contributed by atoms with Crippen LogP contribution in [0, 0.1) is 6.92 Å². The van der Waals surface area contributed by atoms with Gasteiger partial charge in [0.25, 0.3) is 5.56 Å². The van der Waals surface area contributed by atoms with Gasteiger partial charge in [-0.3, -0.25) is 9.59 Å². The molecule has 1 N–H and O–H groups in total. The maximum atomic E-state index is 12.4. The third kappa shape index (κ3) is 5.46. The highest BCUT2D eigenvalue weighted by molar-refractivity contribution is 5.92. The number of benzene rings is 2. The molecule has 0 saturated heterocycles. The van der Waals surface area contributed by atoms with E-state index in [-0.39, 0.29) is 17.9 Å². The summed E-state index contributed by atoms with van der Waals surface area (Å²) in [5.41, 5.74) is 2.84. The Morgan fingerprint density at radius 2 is 1.66 bits per heavy atom. The molecule has 0 aliphatic rings. The zero-order chi connectivity index (χ0) is 23.1. The minimum Gasteiger partial charge on any atom is -0.495 e. The lowest BCUT2D eigenvalue weighted by Crippen LogP contribution is -2.23. The smallest absolute Gasteiger partial charge is 0.266 e. The summed E-state index contributed by atoms with van der Waals surface area (Å²) in [4.78, 5) is 24.6. The molecule has 0 saturated carbocycles. The van der Waals surface area contributed by atoms with Gasteiger partial charge in [-0.1, -0.05) is 6.07 Å². The highest BCUT2D eigenvalue weighted by Crippen LogP contribution is 2.31. The van der Waals surface area contributed by atoms with Crippen LogP contribution in [0.4, 0.5) is 5.69 Å². The minimum atomic E-state index is -0.227. The molecule has 3 aromatic rings. The molecule has 1 heterocycles. The summed E-state index contributed by atoms with van der Waals surface area (Å²) in [6.45, 7) is 2.26. The Hall–Kier alpha value is -3.81. The molecule has 168 valence electrons. The van der Waals surface area contributed by atoms with E-state index < -0.39 is 0 Å². The Labute approximate surface area is 186 Å². The number of hydrogen-bond donors (Lipinski definition) is 1. The molecule has 32 heavy (non-hydrogen) atoms. The Balaban J connectivity index is 1.67. The molecule has 0 aliphatic heterocycles. The number of nitrogens with zero attached hydrogens (tertiary/aromatic N) is 2. The van der Waals surface area contributed by atoms with Crippen molar-refractivity contribution in [2.45, 2.75) is 26.3 Å². The number of nitrogens with one attached hydrogen (secondary N) is 1. The number of aromatic nitrogens is 2. The van der Waals surface area contributed by atoms with Crippen LogP contribution in [0.1, 0.15) is 18.4 Å². The van der Waals surface area contributed by atoms with Gasteiger partial charge in [-0.2, -0.15) is 5.10 Å². The summed E-state index contributed by atoms with van der Waals surface area (Å²) in [5, 5.41) is 7.32. The molecule has 0 radical (unpaired) electrons. The normalized spacial score (nSPS) is 10.5. The van der Waals surface area contributed by atoms with Gasteiger partial charge in [-0.25, -0.2) is 4.68 Å². The predicted octanol–water partition coefficient (Wildman–Crippen LogP) is 3.66. The van der Waals surface area contributed by atoms with E-state index in [2.05, 4.69) is 10.4 Å². The Bertz CT molecular complexity index is 1160. The Kier molecular flexibility index (Phi) is 7.49. The van der Waals surface area contributed by atoms with E-state index in [4.69, 9.17) is 14.2 Å². The summed E-state index contributed by atoms with van der Waals surface area (Å²) in [7, 11) is 4.69. The van der Waals surface area contributed by atoms with Crippen molar-refractivity contribution in [1.82, 2.24) is 9.78 Å². The Morgan fingerprint density at radius 3 is 2.38 bits per heavy atom. The van der Waals surface area contributed by atoms with Crippen LogP contribution in [-0.4, -0.2) is 37.0 Å². The molecular weight excluding hydrogens is 410 g/mol. The summed E-state index contributed by atoms with van der Waals surface area (Å²) >= 11 is 0. The SMILES string of the molecule is COc1ccc(C)cc1NC(=O)CCCn1nc(-c2ccc(OC)c(OC)c2)ccc1=O. The van der Waals surface area contributed by atoms with Crippen LogP contribution >= 0.6 is 0 Å². The first-order chi connectivity index (χ1) is 15.4. The molecule has 1 amide bonds. The van der Waals surface area contributed by atoms with Crippen LogP contribution in [0.25, 0.3) is 11.3 Å². The summed E-state index contributed by atoms with van der Waals surface area (Å²) < 4.78 is 17.3. The van der Waals surface area contributed by atoms with Gasteiger partial charge < -0.3 is 19.5 Å². The molecular formula is C24H27N3O5. The van der Waals surface area contributed by atoms with E-state index in [1.54, 1.807) is 39.5 Å². The van der Waals surface area contributed by atoms with Crippen LogP contribution in [0.15, 0.2) is 53.3 Å². The van der Waals surface area contributed by atoms with Gasteiger partial charge >= 0.3 is 0 Å². The van der Waals surface area contributed by atoms with Crippen LogP contribution in [0.5, 0.6) is 17.2 Å². The standard InChI is InChI=1S/C24H27N3O5/c1-16-7-10-20(30-2)19(14-16)25-23(28)6-5-13-27-24(29)12-9-18(26-27)17-8-11-21(31-3)22(15-17)32-4/h7-12,14-15H,5-6,13H2,1-4H3,(H,25,28). The van der Waals surface area contributed by atoms with Gasteiger partial charge in [0.05, 0.1) is 32.7 Å². The van der Waals surface area contributed by atoms with Crippen molar-refractivity contribution < 1.29 is 19.0 Å². The lowest BCUT2D eigenvalue weighted by molar-refractivity contribution is -0.116. The van der Waals surface area contributed by atoms with Crippen molar-refractivity contribution in [1.29, 1.82) is 0 Å². The maximum absolute atomic E-state index is 12.4. The third-order valence-corrected chi connectivity index (χ3v) is 4.95. The number of rotatable bonds is 9. The minimum absolute atomic E-state index is 0.155. The van der Waals surface area contributed by atoms with E-state index >= 15 is 0 Å².